The fourth-order valence-electron chi connectivity index (χ4n) is 2.47. The molecule has 8 heteroatoms. The Morgan fingerprint density at radius 3 is 2.46 bits per heavy atom. The van der Waals surface area contributed by atoms with E-state index in [4.69, 9.17) is 0 Å². The molecule has 0 aliphatic rings. The van der Waals surface area contributed by atoms with E-state index in [1.165, 1.54) is 30.0 Å². The largest absolute Gasteiger partial charge is 0.416 e. The Labute approximate surface area is 159 Å². The molecule has 28 heavy (non-hydrogen) atoms. The van der Waals surface area contributed by atoms with Crippen LogP contribution in [0.4, 0.5) is 30.5 Å². The van der Waals surface area contributed by atoms with Crippen LogP contribution in [0.5, 0.6) is 0 Å². The minimum atomic E-state index is -4.49. The van der Waals surface area contributed by atoms with Gasteiger partial charge in [-0.3, -0.25) is 4.79 Å². The van der Waals surface area contributed by atoms with Crippen LogP contribution in [-0.2, 0) is 12.6 Å². The Bertz CT molecular complexity index is 972. The normalized spacial score (nSPS) is 11.1. The van der Waals surface area contributed by atoms with Gasteiger partial charge in [-0.25, -0.2) is 9.97 Å². The van der Waals surface area contributed by atoms with E-state index < -0.39 is 17.6 Å². The second-order valence-corrected chi connectivity index (χ2v) is 5.97. The van der Waals surface area contributed by atoms with E-state index in [9.17, 15) is 18.0 Å². The summed E-state index contributed by atoms with van der Waals surface area (Å²) in [6, 6.07) is 13.5. The van der Waals surface area contributed by atoms with Crippen molar-refractivity contribution in [2.45, 2.75) is 19.5 Å². The first kappa shape index (κ1) is 19.3. The SMILES string of the molecule is CCc1ccc(Nc2nccc(C(=O)Nc3cccc(C(F)(F)F)c3)n2)cc1. The zero-order chi connectivity index (χ0) is 20.1. The number of nitrogens with one attached hydrogen (secondary N) is 2. The lowest BCUT2D eigenvalue weighted by Crippen LogP contribution is -2.15. The molecule has 0 unspecified atom stereocenters. The molecule has 144 valence electrons. The van der Waals surface area contributed by atoms with Crippen molar-refractivity contribution in [3.05, 3.63) is 77.6 Å². The molecule has 0 aliphatic heterocycles. The molecule has 0 aliphatic carbocycles. The highest BCUT2D eigenvalue weighted by atomic mass is 19.4. The summed E-state index contributed by atoms with van der Waals surface area (Å²) in [4.78, 5) is 20.5. The fourth-order valence-corrected chi connectivity index (χ4v) is 2.47. The number of anilines is 3. The topological polar surface area (TPSA) is 66.9 Å². The molecule has 1 heterocycles. The number of alkyl halides is 3. The monoisotopic (exact) mass is 386 g/mol. The summed E-state index contributed by atoms with van der Waals surface area (Å²) < 4.78 is 38.4. The van der Waals surface area contributed by atoms with Gasteiger partial charge in [0.25, 0.3) is 5.91 Å². The summed E-state index contributed by atoms with van der Waals surface area (Å²) in [6.45, 7) is 2.05. The molecular weight excluding hydrogens is 369 g/mol. The van der Waals surface area contributed by atoms with E-state index in [-0.39, 0.29) is 17.3 Å². The van der Waals surface area contributed by atoms with Crippen molar-refractivity contribution >= 4 is 23.2 Å². The molecular formula is C20H17F3N4O. The maximum atomic E-state index is 12.8. The van der Waals surface area contributed by atoms with Crippen LogP contribution >= 0.6 is 0 Å². The predicted molar refractivity (Wildman–Crippen MR) is 101 cm³/mol. The molecule has 2 N–H and O–H groups in total. The number of aryl methyl sites for hydroxylation is 1. The van der Waals surface area contributed by atoms with Crippen molar-refractivity contribution in [3.8, 4) is 0 Å². The second kappa shape index (κ2) is 8.08. The molecule has 2 aromatic carbocycles. The summed E-state index contributed by atoms with van der Waals surface area (Å²) in [7, 11) is 0. The van der Waals surface area contributed by atoms with Crippen molar-refractivity contribution in [3.63, 3.8) is 0 Å². The minimum Gasteiger partial charge on any atom is -0.324 e. The van der Waals surface area contributed by atoms with Gasteiger partial charge >= 0.3 is 6.18 Å². The van der Waals surface area contributed by atoms with E-state index in [1.54, 1.807) is 0 Å². The number of carbonyl (C=O) groups excluding carboxylic acids is 1. The maximum Gasteiger partial charge on any atom is 0.416 e. The predicted octanol–water partition coefficient (Wildman–Crippen LogP) is 5.05. The number of carbonyl (C=O) groups is 1. The van der Waals surface area contributed by atoms with Crippen molar-refractivity contribution in [1.29, 1.82) is 0 Å². The smallest absolute Gasteiger partial charge is 0.324 e. The first-order valence-corrected chi connectivity index (χ1v) is 8.53. The van der Waals surface area contributed by atoms with Crippen LogP contribution in [0.1, 0.15) is 28.5 Å². The van der Waals surface area contributed by atoms with Crippen LogP contribution in [0.2, 0.25) is 0 Å². The Hall–Kier alpha value is -3.42. The van der Waals surface area contributed by atoms with E-state index in [0.29, 0.717) is 0 Å². The zero-order valence-electron chi connectivity index (χ0n) is 14.9. The van der Waals surface area contributed by atoms with Gasteiger partial charge in [0.2, 0.25) is 5.95 Å². The van der Waals surface area contributed by atoms with Gasteiger partial charge in [-0.1, -0.05) is 25.1 Å². The van der Waals surface area contributed by atoms with E-state index in [1.807, 2.05) is 24.3 Å². The van der Waals surface area contributed by atoms with E-state index in [2.05, 4.69) is 27.5 Å². The molecule has 0 saturated heterocycles. The fraction of sp³-hybridized carbons (Fsp3) is 0.150. The van der Waals surface area contributed by atoms with Gasteiger partial charge < -0.3 is 10.6 Å². The van der Waals surface area contributed by atoms with Gasteiger partial charge in [-0.2, -0.15) is 13.2 Å². The molecule has 1 amide bonds. The van der Waals surface area contributed by atoms with Crippen LogP contribution in [0, 0.1) is 0 Å². The molecule has 3 aromatic rings. The first-order chi connectivity index (χ1) is 13.3. The first-order valence-electron chi connectivity index (χ1n) is 8.53. The summed E-state index contributed by atoms with van der Waals surface area (Å²) in [5.74, 6) is -0.424. The summed E-state index contributed by atoms with van der Waals surface area (Å²) in [6.07, 6.45) is -2.17. The lowest BCUT2D eigenvalue weighted by Gasteiger charge is -2.10. The second-order valence-electron chi connectivity index (χ2n) is 5.97. The number of hydrogen-bond donors (Lipinski definition) is 2. The molecule has 5 nitrogen and oxygen atoms in total. The lowest BCUT2D eigenvalue weighted by atomic mass is 10.1. The molecule has 0 spiro atoms. The third kappa shape index (κ3) is 4.85. The molecule has 0 fully saturated rings. The average Bonchev–Trinajstić information content (AvgIpc) is 2.68. The van der Waals surface area contributed by atoms with Crippen LogP contribution in [0.15, 0.2) is 60.8 Å². The Morgan fingerprint density at radius 2 is 1.79 bits per heavy atom. The van der Waals surface area contributed by atoms with Gasteiger partial charge in [0.05, 0.1) is 5.56 Å². The lowest BCUT2D eigenvalue weighted by molar-refractivity contribution is -0.137. The van der Waals surface area contributed by atoms with Gasteiger partial charge in [-0.15, -0.1) is 0 Å². The number of halogens is 3. The van der Waals surface area contributed by atoms with Gasteiger partial charge in [-0.05, 0) is 48.4 Å². The van der Waals surface area contributed by atoms with Crippen LogP contribution in [0.25, 0.3) is 0 Å². The quantitative estimate of drug-likeness (QED) is 0.644. The van der Waals surface area contributed by atoms with E-state index in [0.717, 1.165) is 24.2 Å². The number of amides is 1. The summed E-state index contributed by atoms with van der Waals surface area (Å²) >= 11 is 0. The van der Waals surface area contributed by atoms with Crippen molar-refractivity contribution < 1.29 is 18.0 Å². The highest BCUT2D eigenvalue weighted by molar-refractivity contribution is 6.03. The van der Waals surface area contributed by atoms with Gasteiger partial charge in [0.15, 0.2) is 0 Å². The maximum absolute atomic E-state index is 12.8. The van der Waals surface area contributed by atoms with Crippen LogP contribution < -0.4 is 10.6 Å². The Morgan fingerprint density at radius 1 is 1.04 bits per heavy atom. The summed E-state index contributed by atoms with van der Waals surface area (Å²) in [5, 5.41) is 5.41. The van der Waals surface area contributed by atoms with Crippen molar-refractivity contribution in [2.75, 3.05) is 10.6 Å². The molecule has 1 aromatic heterocycles. The number of aromatic nitrogens is 2. The minimum absolute atomic E-state index is 0.0279. The number of rotatable bonds is 5. The molecule has 0 radical (unpaired) electrons. The van der Waals surface area contributed by atoms with Gasteiger partial charge in [0, 0.05) is 17.6 Å². The number of nitrogens with zero attached hydrogens (tertiary/aromatic N) is 2. The number of benzene rings is 2. The standard InChI is InChI=1S/C20H17F3N4O/c1-2-13-6-8-15(9-7-13)26-19-24-11-10-17(27-19)18(28)25-16-5-3-4-14(12-16)20(21,22)23/h3-12H,2H2,1H3,(H,25,28)(H,24,26,27). The number of hydrogen-bond acceptors (Lipinski definition) is 4. The molecule has 3 rings (SSSR count). The molecule has 0 atom stereocenters. The third-order valence-corrected chi connectivity index (χ3v) is 3.95. The summed E-state index contributed by atoms with van der Waals surface area (Å²) in [5.41, 5.74) is 1.15. The average molecular weight is 386 g/mol. The molecule has 0 saturated carbocycles. The van der Waals surface area contributed by atoms with Gasteiger partial charge in [0.1, 0.15) is 5.69 Å². The van der Waals surface area contributed by atoms with Crippen LogP contribution in [-0.4, -0.2) is 15.9 Å². The third-order valence-electron chi connectivity index (χ3n) is 3.95. The highest BCUT2D eigenvalue weighted by Gasteiger charge is 2.30. The zero-order valence-corrected chi connectivity index (χ0v) is 14.9. The molecule has 0 bridgehead atoms. The Balaban J connectivity index is 1.73. The Kier molecular flexibility index (Phi) is 5.58. The van der Waals surface area contributed by atoms with E-state index >= 15 is 0 Å². The highest BCUT2D eigenvalue weighted by Crippen LogP contribution is 2.30. The van der Waals surface area contributed by atoms with Crippen molar-refractivity contribution in [2.24, 2.45) is 0 Å². The van der Waals surface area contributed by atoms with Crippen LogP contribution in [0.3, 0.4) is 0 Å². The van der Waals surface area contributed by atoms with Crippen molar-refractivity contribution in [1.82, 2.24) is 9.97 Å².